The highest BCUT2D eigenvalue weighted by molar-refractivity contribution is 6.07. The minimum absolute atomic E-state index is 0.0764. The molecule has 2 rings (SSSR count). The molecule has 1 saturated heterocycles. The predicted octanol–water partition coefficient (Wildman–Crippen LogP) is 2.54. The number of hydrogen-bond donors (Lipinski definition) is 2. The molecule has 1 aromatic carbocycles. The number of imide groups is 1. The normalized spacial score (nSPS) is 16.2. The summed E-state index contributed by atoms with van der Waals surface area (Å²) in [5, 5.41) is 10.8. The average molecular weight is 403 g/mol. The van der Waals surface area contributed by atoms with E-state index >= 15 is 0 Å². The molecular formula is C21H25NO7. The van der Waals surface area contributed by atoms with E-state index in [2.05, 4.69) is 5.32 Å². The second-order valence-electron chi connectivity index (χ2n) is 7.02. The third-order valence-corrected chi connectivity index (χ3v) is 4.81. The minimum atomic E-state index is -0.810. The van der Waals surface area contributed by atoms with Crippen molar-refractivity contribution in [3.63, 3.8) is 0 Å². The highest BCUT2D eigenvalue weighted by Gasteiger charge is 2.29. The number of carboxylic acid groups (broad SMARTS) is 1. The molecule has 1 fully saturated rings. The van der Waals surface area contributed by atoms with Crippen LogP contribution in [0.5, 0.6) is 5.75 Å². The van der Waals surface area contributed by atoms with Gasteiger partial charge in [-0.15, -0.1) is 0 Å². The summed E-state index contributed by atoms with van der Waals surface area (Å²) in [6.45, 7) is 0.346. The van der Waals surface area contributed by atoms with E-state index in [1.165, 1.54) is 6.07 Å². The Balaban J connectivity index is 1.92. The summed E-state index contributed by atoms with van der Waals surface area (Å²) >= 11 is 0. The van der Waals surface area contributed by atoms with Crippen LogP contribution in [0.25, 0.3) is 0 Å². The maximum atomic E-state index is 12.6. The molecule has 0 aliphatic carbocycles. The van der Waals surface area contributed by atoms with Gasteiger partial charge in [-0.2, -0.15) is 0 Å². The monoisotopic (exact) mass is 403 g/mol. The zero-order valence-corrected chi connectivity index (χ0v) is 16.1. The molecule has 0 aromatic heterocycles. The van der Waals surface area contributed by atoms with E-state index in [1.807, 2.05) is 0 Å². The maximum absolute atomic E-state index is 12.6. The smallest absolute Gasteiger partial charge is 0.303 e. The lowest BCUT2D eigenvalue weighted by atomic mass is 9.89. The fraction of sp³-hybridized carbons (Fsp3) is 0.476. The van der Waals surface area contributed by atoms with E-state index in [1.54, 1.807) is 12.1 Å². The number of aldehydes is 1. The number of piperidine rings is 1. The minimum Gasteiger partial charge on any atom is -0.493 e. The first-order chi connectivity index (χ1) is 13.9. The van der Waals surface area contributed by atoms with Gasteiger partial charge in [0.25, 0.3) is 0 Å². The van der Waals surface area contributed by atoms with Crippen LogP contribution in [0.1, 0.15) is 72.1 Å². The van der Waals surface area contributed by atoms with Crippen molar-refractivity contribution in [3.05, 3.63) is 29.3 Å². The van der Waals surface area contributed by atoms with Crippen LogP contribution in [0.3, 0.4) is 0 Å². The van der Waals surface area contributed by atoms with Crippen molar-refractivity contribution in [1.29, 1.82) is 0 Å². The van der Waals surface area contributed by atoms with Gasteiger partial charge < -0.3 is 9.84 Å². The fourth-order valence-electron chi connectivity index (χ4n) is 3.22. The summed E-state index contributed by atoms with van der Waals surface area (Å²) < 4.78 is 5.65. The molecule has 2 amide bonds. The third kappa shape index (κ3) is 6.81. The molecule has 156 valence electrons. The molecule has 1 heterocycles. The average Bonchev–Trinajstić information content (AvgIpc) is 2.68. The number of benzene rings is 1. The molecule has 1 unspecified atom stereocenters. The Bertz CT molecular complexity index is 787. The van der Waals surface area contributed by atoms with Crippen molar-refractivity contribution in [2.45, 2.75) is 51.4 Å². The van der Waals surface area contributed by atoms with Crippen LogP contribution in [0.15, 0.2) is 18.2 Å². The number of hydrogen-bond acceptors (Lipinski definition) is 6. The van der Waals surface area contributed by atoms with Crippen LogP contribution in [-0.4, -0.2) is 41.6 Å². The van der Waals surface area contributed by atoms with Crippen molar-refractivity contribution in [2.75, 3.05) is 6.61 Å². The summed E-state index contributed by atoms with van der Waals surface area (Å²) in [5.74, 6) is -2.24. The van der Waals surface area contributed by atoms with Gasteiger partial charge in [0, 0.05) is 30.7 Å². The Morgan fingerprint density at radius 2 is 1.93 bits per heavy atom. The lowest BCUT2D eigenvalue weighted by molar-refractivity contribution is -0.138. The first-order valence-electron chi connectivity index (χ1n) is 9.72. The number of rotatable bonds is 12. The Morgan fingerprint density at radius 1 is 1.17 bits per heavy atom. The van der Waals surface area contributed by atoms with Gasteiger partial charge in [-0.25, -0.2) is 0 Å². The summed E-state index contributed by atoms with van der Waals surface area (Å²) in [7, 11) is 0. The van der Waals surface area contributed by atoms with E-state index in [4.69, 9.17) is 9.84 Å². The van der Waals surface area contributed by atoms with Crippen LogP contribution in [0, 0.1) is 5.92 Å². The Hall–Kier alpha value is -3.03. The Kier molecular flexibility index (Phi) is 8.51. The molecule has 1 aliphatic heterocycles. The molecule has 0 bridgehead atoms. The van der Waals surface area contributed by atoms with Crippen LogP contribution in [0.2, 0.25) is 0 Å². The number of ketones is 1. The number of unbranched alkanes of at least 4 members (excludes halogenated alkanes) is 3. The number of amides is 2. The second kappa shape index (κ2) is 11.1. The quantitative estimate of drug-likeness (QED) is 0.238. The number of ether oxygens (including phenoxy) is 1. The van der Waals surface area contributed by atoms with E-state index in [0.717, 1.165) is 12.8 Å². The lowest BCUT2D eigenvalue weighted by Crippen LogP contribution is -2.41. The number of Topliss-reactive ketones (excluding diaryl/α,β-unsaturated/α-hetero) is 1. The van der Waals surface area contributed by atoms with Crippen molar-refractivity contribution in [2.24, 2.45) is 5.92 Å². The number of carbonyl (C=O) groups excluding carboxylic acids is 4. The van der Waals surface area contributed by atoms with Crippen molar-refractivity contribution < 1.29 is 33.8 Å². The van der Waals surface area contributed by atoms with Gasteiger partial charge in [-0.3, -0.25) is 29.3 Å². The molecule has 0 saturated carbocycles. The van der Waals surface area contributed by atoms with Gasteiger partial charge in [0.05, 0.1) is 12.2 Å². The molecular weight excluding hydrogens is 378 g/mol. The van der Waals surface area contributed by atoms with E-state index in [-0.39, 0.29) is 42.1 Å². The topological polar surface area (TPSA) is 127 Å². The van der Waals surface area contributed by atoms with Crippen LogP contribution in [-0.2, 0) is 14.4 Å². The van der Waals surface area contributed by atoms with E-state index < -0.39 is 17.8 Å². The van der Waals surface area contributed by atoms with Crippen molar-refractivity contribution in [3.8, 4) is 5.75 Å². The maximum Gasteiger partial charge on any atom is 0.303 e. The summed E-state index contributed by atoms with van der Waals surface area (Å²) in [6.07, 6.45) is 4.04. The summed E-state index contributed by atoms with van der Waals surface area (Å²) in [5.41, 5.74) is 0.347. The molecule has 0 radical (unpaired) electrons. The van der Waals surface area contributed by atoms with Crippen LogP contribution in [0.4, 0.5) is 0 Å². The second-order valence-corrected chi connectivity index (χ2v) is 7.02. The van der Waals surface area contributed by atoms with Gasteiger partial charge in [0.1, 0.15) is 5.75 Å². The lowest BCUT2D eigenvalue weighted by Gasteiger charge is -2.20. The van der Waals surface area contributed by atoms with E-state index in [0.29, 0.717) is 37.9 Å². The van der Waals surface area contributed by atoms with Crippen molar-refractivity contribution in [1.82, 2.24) is 5.32 Å². The summed E-state index contributed by atoms with van der Waals surface area (Å²) in [4.78, 5) is 57.8. The molecule has 2 N–H and O–H groups in total. The van der Waals surface area contributed by atoms with Gasteiger partial charge in [0.2, 0.25) is 11.8 Å². The van der Waals surface area contributed by atoms with Gasteiger partial charge in [-0.1, -0.05) is 25.0 Å². The molecule has 1 atom stereocenters. The molecule has 8 nitrogen and oxygen atoms in total. The zero-order chi connectivity index (χ0) is 21.2. The molecule has 0 spiro atoms. The van der Waals surface area contributed by atoms with Crippen molar-refractivity contribution >= 4 is 29.9 Å². The number of aliphatic carboxylic acids is 1. The SMILES string of the molecule is O=Cc1c(OCCCCCCC(=O)O)cccc1C(=O)CC1CCC(=O)NC1=O. The van der Waals surface area contributed by atoms with Crippen LogP contribution < -0.4 is 10.1 Å². The zero-order valence-electron chi connectivity index (χ0n) is 16.1. The fourth-order valence-corrected chi connectivity index (χ4v) is 3.22. The summed E-state index contributed by atoms with van der Waals surface area (Å²) in [6, 6.07) is 4.75. The molecule has 29 heavy (non-hydrogen) atoms. The Labute approximate surface area is 168 Å². The first-order valence-corrected chi connectivity index (χ1v) is 9.72. The number of carbonyl (C=O) groups is 5. The van der Waals surface area contributed by atoms with Crippen LogP contribution >= 0.6 is 0 Å². The third-order valence-electron chi connectivity index (χ3n) is 4.81. The molecule has 1 aromatic rings. The first kappa shape index (κ1) is 22.3. The molecule has 8 heteroatoms. The highest BCUT2D eigenvalue weighted by atomic mass is 16.5. The Morgan fingerprint density at radius 3 is 2.62 bits per heavy atom. The molecule has 1 aliphatic rings. The van der Waals surface area contributed by atoms with Gasteiger partial charge >= 0.3 is 5.97 Å². The van der Waals surface area contributed by atoms with Gasteiger partial charge in [0.15, 0.2) is 12.1 Å². The standard InChI is InChI=1S/C21H25NO7/c23-13-16-15(17(24)12-14-9-10-19(25)22-21(14)28)6-5-7-18(16)29-11-4-2-1-3-8-20(26)27/h5-7,13-14H,1-4,8-12H2,(H,26,27)(H,22,25,28). The van der Waals surface area contributed by atoms with Gasteiger partial charge in [-0.05, 0) is 25.3 Å². The largest absolute Gasteiger partial charge is 0.493 e. The van der Waals surface area contributed by atoms with E-state index in [9.17, 15) is 24.0 Å². The number of carboxylic acids is 1. The predicted molar refractivity (Wildman–Crippen MR) is 103 cm³/mol. The highest BCUT2D eigenvalue weighted by Crippen LogP contribution is 2.25. The number of nitrogens with one attached hydrogen (secondary N) is 1.